The standard InChI is InChI=1S/C17H18N4O4S/c1-10-16(21(22)23)11(2)20(19-10)8-12-9-26-17(18-12)14-6-5-13(24-3)7-15(14)25-4/h5-7,9H,8H2,1-4H3. The maximum Gasteiger partial charge on any atom is 0.312 e. The highest BCUT2D eigenvalue weighted by molar-refractivity contribution is 7.13. The van der Waals surface area contributed by atoms with E-state index >= 15 is 0 Å². The molecule has 0 saturated heterocycles. The molecule has 0 aliphatic carbocycles. The number of aryl methyl sites for hydroxylation is 1. The van der Waals surface area contributed by atoms with Crippen molar-refractivity contribution in [1.82, 2.24) is 14.8 Å². The summed E-state index contributed by atoms with van der Waals surface area (Å²) in [6, 6.07) is 5.55. The van der Waals surface area contributed by atoms with Crippen molar-refractivity contribution in [3.63, 3.8) is 0 Å². The van der Waals surface area contributed by atoms with Crippen molar-refractivity contribution in [2.45, 2.75) is 20.4 Å². The molecule has 3 aromatic rings. The summed E-state index contributed by atoms with van der Waals surface area (Å²) in [4.78, 5) is 15.4. The Hall–Kier alpha value is -2.94. The van der Waals surface area contributed by atoms with Gasteiger partial charge in [-0.2, -0.15) is 5.10 Å². The highest BCUT2D eigenvalue weighted by Gasteiger charge is 2.22. The molecule has 0 amide bonds. The lowest BCUT2D eigenvalue weighted by atomic mass is 10.2. The number of aromatic nitrogens is 3. The zero-order valence-electron chi connectivity index (χ0n) is 14.8. The molecule has 1 aromatic carbocycles. The third-order valence-electron chi connectivity index (χ3n) is 4.03. The summed E-state index contributed by atoms with van der Waals surface area (Å²) in [5.74, 6) is 1.38. The summed E-state index contributed by atoms with van der Waals surface area (Å²) < 4.78 is 12.3. The zero-order chi connectivity index (χ0) is 18.8. The predicted octanol–water partition coefficient (Wildman–Crippen LogP) is 3.60. The van der Waals surface area contributed by atoms with Crippen LogP contribution in [0, 0.1) is 24.0 Å². The Bertz CT molecular complexity index is 964. The molecule has 0 N–H and O–H groups in total. The van der Waals surface area contributed by atoms with Crippen molar-refractivity contribution >= 4 is 17.0 Å². The van der Waals surface area contributed by atoms with Gasteiger partial charge in [-0.3, -0.25) is 14.8 Å². The zero-order valence-corrected chi connectivity index (χ0v) is 15.7. The first-order valence-electron chi connectivity index (χ1n) is 7.79. The minimum atomic E-state index is -0.400. The van der Waals surface area contributed by atoms with Gasteiger partial charge in [0, 0.05) is 11.4 Å². The summed E-state index contributed by atoms with van der Waals surface area (Å²) in [6.45, 7) is 3.70. The lowest BCUT2D eigenvalue weighted by Crippen LogP contribution is -2.04. The molecular weight excluding hydrogens is 356 g/mol. The summed E-state index contributed by atoms with van der Waals surface area (Å²) in [5, 5.41) is 18.1. The first-order valence-corrected chi connectivity index (χ1v) is 8.67. The number of thiazole rings is 1. The fourth-order valence-corrected chi connectivity index (χ4v) is 3.58. The van der Waals surface area contributed by atoms with E-state index in [0.29, 0.717) is 29.4 Å². The van der Waals surface area contributed by atoms with Crippen LogP contribution in [0.15, 0.2) is 23.6 Å². The van der Waals surface area contributed by atoms with Crippen molar-refractivity contribution in [3.8, 4) is 22.1 Å². The molecule has 136 valence electrons. The van der Waals surface area contributed by atoms with Crippen LogP contribution in [0.4, 0.5) is 5.69 Å². The SMILES string of the molecule is COc1ccc(-c2nc(Cn3nc(C)c([N+](=O)[O-])c3C)cs2)c(OC)c1. The maximum atomic E-state index is 11.1. The minimum absolute atomic E-state index is 0.0530. The number of methoxy groups -OCH3 is 2. The lowest BCUT2D eigenvalue weighted by Gasteiger charge is -2.08. The molecule has 0 radical (unpaired) electrons. The molecule has 8 nitrogen and oxygen atoms in total. The van der Waals surface area contributed by atoms with Crippen molar-refractivity contribution in [2.75, 3.05) is 14.2 Å². The van der Waals surface area contributed by atoms with E-state index < -0.39 is 4.92 Å². The quantitative estimate of drug-likeness (QED) is 0.483. The third kappa shape index (κ3) is 3.25. The Balaban J connectivity index is 1.90. The Kier molecular flexibility index (Phi) is 4.90. The molecule has 0 aliphatic rings. The van der Waals surface area contributed by atoms with E-state index in [2.05, 4.69) is 10.1 Å². The number of rotatable bonds is 6. The van der Waals surface area contributed by atoms with Gasteiger partial charge in [-0.05, 0) is 26.0 Å². The molecule has 2 heterocycles. The van der Waals surface area contributed by atoms with Gasteiger partial charge in [0.15, 0.2) is 0 Å². The fourth-order valence-electron chi connectivity index (χ4n) is 2.74. The molecule has 0 spiro atoms. The van der Waals surface area contributed by atoms with E-state index in [1.165, 1.54) is 11.3 Å². The Morgan fingerprint density at radius 3 is 2.65 bits per heavy atom. The van der Waals surface area contributed by atoms with Gasteiger partial charge >= 0.3 is 5.69 Å². The minimum Gasteiger partial charge on any atom is -0.497 e. The van der Waals surface area contributed by atoms with Gasteiger partial charge in [-0.1, -0.05) is 0 Å². The molecule has 0 aliphatic heterocycles. The van der Waals surface area contributed by atoms with E-state index in [0.717, 1.165) is 16.3 Å². The molecule has 26 heavy (non-hydrogen) atoms. The molecule has 3 rings (SSSR count). The molecule has 2 aromatic heterocycles. The smallest absolute Gasteiger partial charge is 0.312 e. The van der Waals surface area contributed by atoms with Crippen molar-refractivity contribution in [2.24, 2.45) is 0 Å². The lowest BCUT2D eigenvalue weighted by molar-refractivity contribution is -0.386. The van der Waals surface area contributed by atoms with Crippen LogP contribution >= 0.6 is 11.3 Å². The summed E-state index contributed by atoms with van der Waals surface area (Å²) in [7, 11) is 3.20. The van der Waals surface area contributed by atoms with Crippen LogP contribution in [0.3, 0.4) is 0 Å². The van der Waals surface area contributed by atoms with Gasteiger partial charge < -0.3 is 9.47 Å². The Labute approximate surface area is 154 Å². The van der Waals surface area contributed by atoms with E-state index in [1.807, 2.05) is 17.5 Å². The second-order valence-corrected chi connectivity index (χ2v) is 6.50. The van der Waals surface area contributed by atoms with Crippen LogP contribution < -0.4 is 9.47 Å². The normalized spacial score (nSPS) is 10.8. The molecule has 0 saturated carbocycles. The number of nitro groups is 1. The Morgan fingerprint density at radius 2 is 2.04 bits per heavy atom. The van der Waals surface area contributed by atoms with E-state index in [1.54, 1.807) is 38.8 Å². The van der Waals surface area contributed by atoms with Crippen LogP contribution in [0.5, 0.6) is 11.5 Å². The monoisotopic (exact) mass is 374 g/mol. The van der Waals surface area contributed by atoms with Crippen LogP contribution in [0.1, 0.15) is 17.1 Å². The average Bonchev–Trinajstić information content (AvgIpc) is 3.19. The Morgan fingerprint density at radius 1 is 1.27 bits per heavy atom. The first-order chi connectivity index (χ1) is 12.4. The second kappa shape index (κ2) is 7.12. The van der Waals surface area contributed by atoms with E-state index in [9.17, 15) is 10.1 Å². The van der Waals surface area contributed by atoms with Crippen LogP contribution in [-0.2, 0) is 6.54 Å². The number of nitrogens with zero attached hydrogens (tertiary/aromatic N) is 4. The van der Waals surface area contributed by atoms with Gasteiger partial charge in [0.05, 0.1) is 36.9 Å². The van der Waals surface area contributed by atoms with Crippen LogP contribution in [-0.4, -0.2) is 33.9 Å². The van der Waals surface area contributed by atoms with Gasteiger partial charge in [0.25, 0.3) is 0 Å². The van der Waals surface area contributed by atoms with Gasteiger partial charge in [0.2, 0.25) is 0 Å². The number of ether oxygens (including phenoxy) is 2. The first kappa shape index (κ1) is 17.9. The highest BCUT2D eigenvalue weighted by Crippen LogP contribution is 2.35. The average molecular weight is 374 g/mol. The van der Waals surface area contributed by atoms with E-state index in [-0.39, 0.29) is 5.69 Å². The van der Waals surface area contributed by atoms with Crippen LogP contribution in [0.25, 0.3) is 10.6 Å². The molecule has 0 unspecified atom stereocenters. The number of hydrogen-bond acceptors (Lipinski definition) is 7. The third-order valence-corrected chi connectivity index (χ3v) is 4.95. The van der Waals surface area contributed by atoms with Gasteiger partial charge in [0.1, 0.15) is 27.9 Å². The molecule has 0 bridgehead atoms. The van der Waals surface area contributed by atoms with E-state index in [4.69, 9.17) is 9.47 Å². The summed E-state index contributed by atoms with van der Waals surface area (Å²) >= 11 is 1.48. The van der Waals surface area contributed by atoms with Crippen molar-refractivity contribution in [3.05, 3.63) is 50.8 Å². The van der Waals surface area contributed by atoms with Crippen molar-refractivity contribution < 1.29 is 14.4 Å². The number of hydrogen-bond donors (Lipinski definition) is 0. The molecule has 9 heteroatoms. The fraction of sp³-hybridized carbons (Fsp3) is 0.294. The predicted molar refractivity (Wildman–Crippen MR) is 98.1 cm³/mol. The molecule has 0 atom stereocenters. The topological polar surface area (TPSA) is 92.3 Å². The van der Waals surface area contributed by atoms with Gasteiger partial charge in [-0.15, -0.1) is 11.3 Å². The molecular formula is C17H18N4O4S. The van der Waals surface area contributed by atoms with Crippen LogP contribution in [0.2, 0.25) is 0 Å². The summed E-state index contributed by atoms with van der Waals surface area (Å²) in [6.07, 6.45) is 0. The highest BCUT2D eigenvalue weighted by atomic mass is 32.1. The summed E-state index contributed by atoms with van der Waals surface area (Å²) in [5.41, 5.74) is 2.62. The van der Waals surface area contributed by atoms with Gasteiger partial charge in [-0.25, -0.2) is 4.98 Å². The number of benzene rings is 1. The maximum absolute atomic E-state index is 11.1. The second-order valence-electron chi connectivity index (χ2n) is 5.64. The molecule has 0 fully saturated rings. The largest absolute Gasteiger partial charge is 0.497 e. The van der Waals surface area contributed by atoms with Crippen molar-refractivity contribution in [1.29, 1.82) is 0 Å².